The monoisotopic (exact) mass is 287 g/mol. The van der Waals surface area contributed by atoms with Crippen LogP contribution < -0.4 is 0 Å². The molecule has 108 valence electrons. The molecule has 22 heavy (non-hydrogen) atoms. The fraction of sp³-hybridized carbons (Fsp3) is 0.0500. The largest absolute Gasteiger partial charge is 0.391 e. The van der Waals surface area contributed by atoms with E-state index in [1.54, 1.807) is 6.21 Å². The highest BCUT2D eigenvalue weighted by Gasteiger charge is 1.99. The molecule has 0 heterocycles. The summed E-state index contributed by atoms with van der Waals surface area (Å²) in [5, 5.41) is 4.01. The molecule has 0 spiro atoms. The summed E-state index contributed by atoms with van der Waals surface area (Å²) in [7, 11) is 0. The van der Waals surface area contributed by atoms with Gasteiger partial charge in [-0.15, -0.1) is 0 Å². The summed E-state index contributed by atoms with van der Waals surface area (Å²) >= 11 is 0. The molecule has 2 nitrogen and oxygen atoms in total. The summed E-state index contributed by atoms with van der Waals surface area (Å²) in [6, 6.07) is 28.6. The van der Waals surface area contributed by atoms with Gasteiger partial charge in [-0.25, -0.2) is 0 Å². The van der Waals surface area contributed by atoms with Crippen LogP contribution in [0.25, 0.3) is 11.1 Å². The number of hydrogen-bond donors (Lipinski definition) is 0. The first-order chi connectivity index (χ1) is 10.9. The highest BCUT2D eigenvalue weighted by atomic mass is 16.6. The molecule has 0 saturated heterocycles. The molecular weight excluding hydrogens is 270 g/mol. The molecule has 0 aromatic heterocycles. The standard InChI is InChI=1S/C20H17NO/c1-3-8-17(9-4-1)15-21-22-16-18-10-7-13-20(14-18)19-11-5-2-6-12-19/h1-15H,16H2. The van der Waals surface area contributed by atoms with Gasteiger partial charge in [0.2, 0.25) is 0 Å². The fourth-order valence-electron chi connectivity index (χ4n) is 2.22. The Balaban J connectivity index is 1.63. The molecule has 3 aromatic carbocycles. The van der Waals surface area contributed by atoms with Crippen LogP contribution in [0.15, 0.2) is 90.1 Å². The molecule has 0 fully saturated rings. The van der Waals surface area contributed by atoms with Crippen molar-refractivity contribution >= 4 is 6.21 Å². The Labute approximate surface area is 130 Å². The summed E-state index contributed by atoms with van der Waals surface area (Å²) in [6.45, 7) is 0.462. The maximum absolute atomic E-state index is 5.38. The minimum absolute atomic E-state index is 0.462. The summed E-state index contributed by atoms with van der Waals surface area (Å²) < 4.78 is 0. The first-order valence-electron chi connectivity index (χ1n) is 7.26. The highest BCUT2D eigenvalue weighted by molar-refractivity contribution is 5.78. The van der Waals surface area contributed by atoms with Crippen molar-refractivity contribution in [2.24, 2.45) is 5.16 Å². The van der Waals surface area contributed by atoms with Crippen molar-refractivity contribution in [3.8, 4) is 11.1 Å². The van der Waals surface area contributed by atoms with E-state index in [1.165, 1.54) is 11.1 Å². The van der Waals surface area contributed by atoms with Crippen LogP contribution in [-0.2, 0) is 11.4 Å². The van der Waals surface area contributed by atoms with E-state index in [-0.39, 0.29) is 0 Å². The van der Waals surface area contributed by atoms with Gasteiger partial charge in [-0.05, 0) is 28.3 Å². The van der Waals surface area contributed by atoms with Gasteiger partial charge in [0.15, 0.2) is 0 Å². The predicted molar refractivity (Wildman–Crippen MR) is 90.7 cm³/mol. The molecule has 0 saturated carbocycles. The molecule has 0 aliphatic rings. The molecule has 0 amide bonds. The van der Waals surface area contributed by atoms with Crippen LogP contribution in [0.5, 0.6) is 0 Å². The quantitative estimate of drug-likeness (QED) is 0.483. The normalized spacial score (nSPS) is 10.7. The van der Waals surface area contributed by atoms with Gasteiger partial charge in [-0.3, -0.25) is 0 Å². The third-order valence-electron chi connectivity index (χ3n) is 3.34. The van der Waals surface area contributed by atoms with E-state index in [0.29, 0.717) is 6.61 Å². The van der Waals surface area contributed by atoms with Gasteiger partial charge in [-0.1, -0.05) is 84.0 Å². The molecule has 0 radical (unpaired) electrons. The van der Waals surface area contributed by atoms with Gasteiger partial charge < -0.3 is 4.84 Å². The van der Waals surface area contributed by atoms with Crippen molar-refractivity contribution in [1.29, 1.82) is 0 Å². The second-order valence-electron chi connectivity index (χ2n) is 4.99. The van der Waals surface area contributed by atoms with E-state index in [2.05, 4.69) is 29.4 Å². The van der Waals surface area contributed by atoms with Crippen LogP contribution in [0.1, 0.15) is 11.1 Å². The fourth-order valence-corrected chi connectivity index (χ4v) is 2.22. The topological polar surface area (TPSA) is 21.6 Å². The first kappa shape index (κ1) is 14.1. The number of oxime groups is 1. The second-order valence-corrected chi connectivity index (χ2v) is 4.99. The maximum atomic E-state index is 5.38. The SMILES string of the molecule is C(=NOCc1cccc(-c2ccccc2)c1)c1ccccc1. The Morgan fingerprint density at radius 3 is 2.18 bits per heavy atom. The van der Waals surface area contributed by atoms with Gasteiger partial charge in [0.25, 0.3) is 0 Å². The third kappa shape index (κ3) is 3.83. The Morgan fingerprint density at radius 2 is 1.41 bits per heavy atom. The Morgan fingerprint density at radius 1 is 0.727 bits per heavy atom. The van der Waals surface area contributed by atoms with Gasteiger partial charge in [-0.2, -0.15) is 0 Å². The zero-order valence-corrected chi connectivity index (χ0v) is 12.2. The lowest BCUT2D eigenvalue weighted by Gasteiger charge is -2.04. The summed E-state index contributed by atoms with van der Waals surface area (Å²) in [6.07, 6.45) is 1.72. The van der Waals surface area contributed by atoms with Crippen molar-refractivity contribution < 1.29 is 4.84 Å². The minimum atomic E-state index is 0.462. The number of rotatable bonds is 5. The Hall–Kier alpha value is -2.87. The van der Waals surface area contributed by atoms with Crippen molar-refractivity contribution in [1.82, 2.24) is 0 Å². The van der Waals surface area contributed by atoms with E-state index in [1.807, 2.05) is 60.7 Å². The zero-order chi connectivity index (χ0) is 15.0. The molecule has 0 aliphatic heterocycles. The van der Waals surface area contributed by atoms with E-state index in [0.717, 1.165) is 11.1 Å². The van der Waals surface area contributed by atoms with Gasteiger partial charge in [0.1, 0.15) is 6.61 Å². The summed E-state index contributed by atoms with van der Waals surface area (Å²) in [5.41, 5.74) is 4.53. The van der Waals surface area contributed by atoms with E-state index in [4.69, 9.17) is 4.84 Å². The number of nitrogens with zero attached hydrogens (tertiary/aromatic N) is 1. The molecular formula is C20H17NO. The van der Waals surface area contributed by atoms with Gasteiger partial charge in [0.05, 0.1) is 6.21 Å². The average molecular weight is 287 g/mol. The highest BCUT2D eigenvalue weighted by Crippen LogP contribution is 2.20. The van der Waals surface area contributed by atoms with E-state index < -0.39 is 0 Å². The lowest BCUT2D eigenvalue weighted by molar-refractivity contribution is 0.132. The van der Waals surface area contributed by atoms with Crippen LogP contribution in [0.3, 0.4) is 0 Å². The number of hydrogen-bond acceptors (Lipinski definition) is 2. The molecule has 2 heteroatoms. The molecule has 0 N–H and O–H groups in total. The third-order valence-corrected chi connectivity index (χ3v) is 3.34. The van der Waals surface area contributed by atoms with Crippen molar-refractivity contribution in [3.05, 3.63) is 96.1 Å². The molecule has 0 unspecified atom stereocenters. The van der Waals surface area contributed by atoms with E-state index in [9.17, 15) is 0 Å². The average Bonchev–Trinajstić information content (AvgIpc) is 2.61. The first-order valence-corrected chi connectivity index (χ1v) is 7.26. The Kier molecular flexibility index (Phi) is 4.63. The lowest BCUT2D eigenvalue weighted by Crippen LogP contribution is -1.89. The van der Waals surface area contributed by atoms with Gasteiger partial charge >= 0.3 is 0 Å². The molecule has 0 bridgehead atoms. The molecule has 3 aromatic rings. The van der Waals surface area contributed by atoms with Crippen LogP contribution >= 0.6 is 0 Å². The second kappa shape index (κ2) is 7.23. The van der Waals surface area contributed by atoms with Crippen LogP contribution in [0, 0.1) is 0 Å². The summed E-state index contributed by atoms with van der Waals surface area (Å²) in [4.78, 5) is 5.38. The Bertz CT molecular complexity index is 736. The van der Waals surface area contributed by atoms with Gasteiger partial charge in [0, 0.05) is 0 Å². The van der Waals surface area contributed by atoms with Crippen LogP contribution in [0.4, 0.5) is 0 Å². The van der Waals surface area contributed by atoms with Crippen molar-refractivity contribution in [2.45, 2.75) is 6.61 Å². The van der Waals surface area contributed by atoms with Crippen molar-refractivity contribution in [3.63, 3.8) is 0 Å². The molecule has 3 rings (SSSR count). The van der Waals surface area contributed by atoms with Crippen LogP contribution in [-0.4, -0.2) is 6.21 Å². The summed E-state index contributed by atoms with van der Waals surface area (Å²) in [5.74, 6) is 0. The van der Waals surface area contributed by atoms with E-state index >= 15 is 0 Å². The minimum Gasteiger partial charge on any atom is -0.391 e. The van der Waals surface area contributed by atoms with Crippen molar-refractivity contribution in [2.75, 3.05) is 0 Å². The molecule has 0 aliphatic carbocycles. The zero-order valence-electron chi connectivity index (χ0n) is 12.2. The smallest absolute Gasteiger partial charge is 0.142 e. The number of benzene rings is 3. The predicted octanol–water partition coefficient (Wildman–Crippen LogP) is 4.90. The van der Waals surface area contributed by atoms with Crippen LogP contribution in [0.2, 0.25) is 0 Å². The molecule has 0 atom stereocenters. The lowest BCUT2D eigenvalue weighted by atomic mass is 10.0. The maximum Gasteiger partial charge on any atom is 0.142 e.